The summed E-state index contributed by atoms with van der Waals surface area (Å²) in [7, 11) is 0. The summed E-state index contributed by atoms with van der Waals surface area (Å²) in [5.41, 5.74) is -15.1. The first kappa shape index (κ1) is 11.3. The Labute approximate surface area is 350 Å². The zero-order valence-corrected chi connectivity index (χ0v) is 25.9. The van der Waals surface area contributed by atoms with Gasteiger partial charge in [0.2, 0.25) is 0 Å². The van der Waals surface area contributed by atoms with E-state index in [0.29, 0.717) is 0 Å². The predicted molar refractivity (Wildman–Crippen MR) is 220 cm³/mol. The molecule has 1 aliphatic carbocycles. The van der Waals surface area contributed by atoms with Crippen molar-refractivity contribution in [3.05, 3.63) is 180 Å². The first-order valence-corrected chi connectivity index (χ1v) is 15.4. The smallest absolute Gasteiger partial charge is 0.136 e. The molecule has 0 bridgehead atoms. The fourth-order valence-corrected chi connectivity index (χ4v) is 6.85. The highest BCUT2D eigenvalue weighted by Crippen LogP contribution is 2.52. The quantitative estimate of drug-likeness (QED) is 0.168. The van der Waals surface area contributed by atoms with E-state index in [0.717, 1.165) is 0 Å². The highest BCUT2D eigenvalue weighted by atomic mass is 16.3. The summed E-state index contributed by atoms with van der Waals surface area (Å²) in [5, 5.41) is -5.75. The van der Waals surface area contributed by atoms with Gasteiger partial charge in [-0.15, -0.1) is 0 Å². The molecule has 1 aliphatic rings. The van der Waals surface area contributed by atoms with Crippen LogP contribution in [0.1, 0.15) is 71.4 Å². The summed E-state index contributed by atoms with van der Waals surface area (Å²) in [6.45, 7) is -7.94. The number of fused-ring (bicyclic) bond motifs is 9. The number of furan rings is 1. The Morgan fingerprint density at radius 1 is 0.442 bits per heavy atom. The topological polar surface area (TPSA) is 13.1 Å². The molecule has 0 atom stereocenters. The van der Waals surface area contributed by atoms with Crippen molar-refractivity contribution >= 4 is 54.3 Å². The Balaban J connectivity index is 1.39. The lowest BCUT2D eigenvalue weighted by Crippen LogP contribution is -2.16. The van der Waals surface area contributed by atoms with Crippen molar-refractivity contribution in [1.82, 2.24) is 0 Å². The van der Waals surface area contributed by atoms with E-state index >= 15 is 0 Å². The van der Waals surface area contributed by atoms with Gasteiger partial charge in [0.15, 0.2) is 0 Å². The number of benzene rings is 9. The molecule has 0 radical (unpaired) electrons. The van der Waals surface area contributed by atoms with Gasteiger partial charge in [0.1, 0.15) is 11.2 Å². The second-order valence-corrected chi connectivity index (χ2v) is 11.8. The molecular formula is C51H34O. The Morgan fingerprint density at radius 3 is 1.73 bits per heavy atom. The molecule has 1 heteroatoms. The molecule has 9 aromatic carbocycles. The Kier molecular flexibility index (Phi) is 2.34. The van der Waals surface area contributed by atoms with E-state index in [1.807, 2.05) is 0 Å². The zero-order chi connectivity index (χ0) is 63.9. The van der Waals surface area contributed by atoms with Crippen LogP contribution >= 0.6 is 0 Å². The van der Waals surface area contributed by atoms with Crippen LogP contribution in [0.5, 0.6) is 0 Å². The summed E-state index contributed by atoms with van der Waals surface area (Å²) >= 11 is 0. The van der Waals surface area contributed by atoms with Gasteiger partial charge < -0.3 is 4.42 Å². The van der Waals surface area contributed by atoms with E-state index < -0.39 is 298 Å². The summed E-state index contributed by atoms with van der Waals surface area (Å²) in [6, 6.07) is -30.1. The monoisotopic (exact) mass is 696 g/mol. The summed E-state index contributed by atoms with van der Waals surface area (Å²) in [4.78, 5) is 0. The van der Waals surface area contributed by atoms with Crippen LogP contribution in [0.3, 0.4) is 0 Å². The molecule has 52 heavy (non-hydrogen) atoms. The third kappa shape index (κ3) is 4.05. The highest BCUT2D eigenvalue weighted by Gasteiger charge is 2.37. The second-order valence-electron chi connectivity index (χ2n) is 11.8. The van der Waals surface area contributed by atoms with Gasteiger partial charge in [-0.1, -0.05) is 165 Å². The molecular weight excluding hydrogens is 629 g/mol. The third-order valence-electron chi connectivity index (χ3n) is 9.01. The Morgan fingerprint density at radius 2 is 1.00 bits per heavy atom. The highest BCUT2D eigenvalue weighted by molar-refractivity contribution is 6.26. The number of hydrogen-bond acceptors (Lipinski definition) is 1. The minimum absolute atomic E-state index is 0.530. The number of rotatable bonds is 3. The second kappa shape index (κ2) is 10.8. The van der Waals surface area contributed by atoms with Crippen LogP contribution in [0.25, 0.3) is 98.8 Å². The van der Waals surface area contributed by atoms with Crippen molar-refractivity contribution in [2.24, 2.45) is 0 Å². The fraction of sp³-hybridized carbons (Fsp3) is 0.0588. The lowest BCUT2D eigenvalue weighted by atomic mass is 9.78. The minimum atomic E-state index is -3.97. The van der Waals surface area contributed by atoms with Gasteiger partial charge in [-0.2, -0.15) is 0 Å². The molecule has 0 saturated heterocycles. The van der Waals surface area contributed by atoms with E-state index in [1.54, 1.807) is 0 Å². The van der Waals surface area contributed by atoms with Gasteiger partial charge in [0.25, 0.3) is 0 Å². The molecule has 0 amide bonds. The predicted octanol–water partition coefficient (Wildman–Crippen LogP) is 14.4. The van der Waals surface area contributed by atoms with E-state index in [4.69, 9.17) is 34.6 Å². The molecule has 0 saturated carbocycles. The minimum Gasteiger partial charge on any atom is -0.456 e. The van der Waals surface area contributed by atoms with Gasteiger partial charge in [-0.3, -0.25) is 0 Å². The van der Waals surface area contributed by atoms with Crippen molar-refractivity contribution in [3.8, 4) is 44.5 Å². The van der Waals surface area contributed by atoms with Crippen molar-refractivity contribution in [3.63, 3.8) is 0 Å². The maximum absolute atomic E-state index is 9.83. The Bertz CT molecular complexity index is 4810. The van der Waals surface area contributed by atoms with Gasteiger partial charge in [0.05, 0.1) is 38.4 Å². The molecule has 11 rings (SSSR count). The van der Waals surface area contributed by atoms with Crippen molar-refractivity contribution < 1.29 is 51.0 Å². The fourth-order valence-electron chi connectivity index (χ4n) is 6.85. The molecule has 1 aromatic heterocycles. The van der Waals surface area contributed by atoms with Gasteiger partial charge in [0, 0.05) is 24.4 Å². The van der Waals surface area contributed by atoms with Crippen molar-refractivity contribution in [1.29, 1.82) is 0 Å². The molecule has 0 N–H and O–H groups in total. The largest absolute Gasteiger partial charge is 0.456 e. The summed E-state index contributed by atoms with van der Waals surface area (Å²) in [6.07, 6.45) is 0. The normalized spacial score (nSPS) is 23.1. The molecule has 10 aromatic rings. The van der Waals surface area contributed by atoms with Crippen LogP contribution in [-0.4, -0.2) is 0 Å². The van der Waals surface area contributed by atoms with Crippen molar-refractivity contribution in [2.45, 2.75) is 19.1 Å². The van der Waals surface area contributed by atoms with E-state index in [2.05, 4.69) is 0 Å². The maximum atomic E-state index is 9.83. The first-order valence-electron chi connectivity index (χ1n) is 32.4. The average molecular weight is 697 g/mol. The molecule has 0 aliphatic heterocycles. The van der Waals surface area contributed by atoms with Crippen LogP contribution in [0.2, 0.25) is 0 Å². The molecule has 0 spiro atoms. The van der Waals surface area contributed by atoms with Crippen LogP contribution in [0, 0.1) is 0 Å². The third-order valence-corrected chi connectivity index (χ3v) is 9.01. The standard InChI is InChI=1S/C51H34O/c1-51(2)44-23-10-9-15-36(44)41-21-11-20-35(50(41)51)31-25-27-32(28-26-31)47-37-16-5-7-18-39(37)48(40-19-8-6-17-38(40)47)42-22-12-24-45-49(42)43-29-33-13-3-4-14-34(33)30-46(43)52-45/h3-30H,1-2H3/i1D3,2D3,3D,4D,5D,6D,7D,8D,9D,10D,11D,12D,13D,14D,15D,16D,17D,18D,19D,20D,21D,22D,23D,24D,25D,26D,27D,28D,29D,30D. The van der Waals surface area contributed by atoms with Crippen molar-refractivity contribution in [2.75, 3.05) is 0 Å². The van der Waals surface area contributed by atoms with Gasteiger partial charge in [-0.25, -0.2) is 0 Å². The molecule has 0 unspecified atom stereocenters. The SMILES string of the molecule is [2H]c1c([2H])c([2H])c2c(c1[2H])-c1c([2H])c([2H])c([2H])c(-c3c([2H])c([2H])c(-c4c5c([2H])c([2H])c([2H])c([2H])c5c(-c5c([2H])c([2H])c([2H])c6oc7c([2H])c8c([2H])c([2H])c([2H])c([2H])c8c([2H])c7c56)c5c([2H])c([2H])c([2H])c([2H])c45)c([2H])c3[2H])c1C2(C([2H])([2H])[2H])C([2H])([2H])[2H]. The van der Waals surface area contributed by atoms with E-state index in [9.17, 15) is 16.4 Å². The van der Waals surface area contributed by atoms with Gasteiger partial charge in [-0.05, 0) is 106 Å². The van der Waals surface area contributed by atoms with E-state index in [1.165, 1.54) is 0 Å². The lowest BCUT2D eigenvalue weighted by Gasteiger charge is -2.24. The zero-order valence-electron chi connectivity index (χ0n) is 59.9. The first-order chi connectivity index (χ1) is 39.7. The number of hydrogen-bond donors (Lipinski definition) is 0. The molecule has 0 fully saturated rings. The van der Waals surface area contributed by atoms with Crippen LogP contribution in [0.15, 0.2) is 174 Å². The molecule has 244 valence electrons. The molecule has 1 nitrogen and oxygen atoms in total. The van der Waals surface area contributed by atoms with Gasteiger partial charge >= 0.3 is 0 Å². The van der Waals surface area contributed by atoms with Crippen LogP contribution in [-0.2, 0) is 5.41 Å². The van der Waals surface area contributed by atoms with Crippen LogP contribution < -0.4 is 0 Å². The maximum Gasteiger partial charge on any atom is 0.136 e. The summed E-state index contributed by atoms with van der Waals surface area (Å²) < 4.78 is 316. The molecule has 1 heterocycles. The Hall–Kier alpha value is -6.44. The lowest BCUT2D eigenvalue weighted by molar-refractivity contribution is 0.662. The summed E-state index contributed by atoms with van der Waals surface area (Å²) in [5.74, 6) is 0. The average Bonchev–Trinajstić information content (AvgIpc) is 1.42. The van der Waals surface area contributed by atoms with E-state index in [-0.39, 0.29) is 0 Å². The van der Waals surface area contributed by atoms with Crippen LogP contribution in [0.4, 0.5) is 0 Å².